The Labute approximate surface area is 133 Å². The van der Waals surface area contributed by atoms with Crippen molar-refractivity contribution in [3.63, 3.8) is 0 Å². The zero-order valence-corrected chi connectivity index (χ0v) is 12.8. The first-order valence-corrected chi connectivity index (χ1v) is 7.67. The van der Waals surface area contributed by atoms with Gasteiger partial charge in [-0.05, 0) is 38.0 Å². The Morgan fingerprint density at radius 3 is 2.91 bits per heavy atom. The van der Waals surface area contributed by atoms with Gasteiger partial charge in [0, 0.05) is 46.8 Å². The fourth-order valence-electron chi connectivity index (χ4n) is 2.53. The average Bonchev–Trinajstić information content (AvgIpc) is 3.23. The number of aromatic amines is 1. The molecule has 0 spiro atoms. The van der Waals surface area contributed by atoms with E-state index in [1.165, 1.54) is 0 Å². The van der Waals surface area contributed by atoms with Crippen LogP contribution in [0.3, 0.4) is 0 Å². The topological polar surface area (TPSA) is 82.7 Å². The summed E-state index contributed by atoms with van der Waals surface area (Å²) in [6.45, 7) is 1.97. The number of pyridine rings is 2. The summed E-state index contributed by atoms with van der Waals surface area (Å²) in [5.41, 5.74) is 3.99. The molecule has 23 heavy (non-hydrogen) atoms. The van der Waals surface area contributed by atoms with Crippen LogP contribution >= 0.6 is 0 Å². The van der Waals surface area contributed by atoms with Gasteiger partial charge in [0.05, 0.1) is 5.52 Å². The van der Waals surface area contributed by atoms with Crippen LogP contribution in [0, 0.1) is 6.92 Å². The summed E-state index contributed by atoms with van der Waals surface area (Å²) in [5, 5.41) is 6.66. The molecule has 3 aromatic heterocycles. The number of nitrogens with one attached hydrogen (secondary N) is 3. The number of carbonyl (C=O) groups excluding carboxylic acids is 1. The van der Waals surface area contributed by atoms with Crippen LogP contribution in [-0.4, -0.2) is 27.0 Å². The lowest BCUT2D eigenvalue weighted by Crippen LogP contribution is -2.30. The van der Waals surface area contributed by atoms with E-state index in [1.54, 1.807) is 12.4 Å². The van der Waals surface area contributed by atoms with Crippen molar-refractivity contribution in [2.24, 2.45) is 0 Å². The Hall–Kier alpha value is -2.89. The third-order valence-electron chi connectivity index (χ3n) is 3.87. The van der Waals surface area contributed by atoms with Gasteiger partial charge >= 0.3 is 6.03 Å². The number of amides is 2. The Balaban J connectivity index is 1.60. The van der Waals surface area contributed by atoms with Crippen LogP contribution < -0.4 is 10.6 Å². The maximum absolute atomic E-state index is 11.8. The van der Waals surface area contributed by atoms with Crippen molar-refractivity contribution in [3.05, 3.63) is 42.4 Å². The molecule has 6 heteroatoms. The summed E-state index contributed by atoms with van der Waals surface area (Å²) in [4.78, 5) is 23.7. The highest BCUT2D eigenvalue weighted by molar-refractivity contribution is 5.92. The molecule has 0 aromatic carbocycles. The second-order valence-electron chi connectivity index (χ2n) is 5.90. The number of urea groups is 1. The molecule has 0 atom stereocenters. The molecule has 1 aliphatic carbocycles. The summed E-state index contributed by atoms with van der Waals surface area (Å²) in [6, 6.07) is 8.01. The van der Waals surface area contributed by atoms with Crippen molar-refractivity contribution in [1.29, 1.82) is 0 Å². The molecular formula is C17H17N5O. The molecule has 0 aliphatic heterocycles. The zero-order chi connectivity index (χ0) is 15.8. The van der Waals surface area contributed by atoms with Crippen LogP contribution in [0.15, 0.2) is 36.7 Å². The second kappa shape index (κ2) is 5.39. The second-order valence-corrected chi connectivity index (χ2v) is 5.90. The quantitative estimate of drug-likeness (QED) is 0.695. The Kier molecular flexibility index (Phi) is 3.22. The minimum Gasteiger partial charge on any atom is -0.354 e. The zero-order valence-electron chi connectivity index (χ0n) is 12.8. The lowest BCUT2D eigenvalue weighted by Gasteiger charge is -2.05. The van der Waals surface area contributed by atoms with Crippen molar-refractivity contribution in [2.75, 3.05) is 5.32 Å². The third-order valence-corrected chi connectivity index (χ3v) is 3.87. The smallest absolute Gasteiger partial charge is 0.320 e. The largest absolute Gasteiger partial charge is 0.354 e. The Morgan fingerprint density at radius 2 is 2.13 bits per heavy atom. The van der Waals surface area contributed by atoms with Crippen LogP contribution in [0.2, 0.25) is 0 Å². The Bertz CT molecular complexity index is 882. The minimum absolute atomic E-state index is 0.198. The van der Waals surface area contributed by atoms with Crippen LogP contribution in [-0.2, 0) is 0 Å². The number of hydrogen-bond donors (Lipinski definition) is 3. The van der Waals surface area contributed by atoms with E-state index in [9.17, 15) is 4.79 Å². The van der Waals surface area contributed by atoms with Gasteiger partial charge in [-0.1, -0.05) is 0 Å². The number of rotatable bonds is 3. The third kappa shape index (κ3) is 3.01. The number of nitrogens with zero attached hydrogens (tertiary/aromatic N) is 2. The average molecular weight is 307 g/mol. The van der Waals surface area contributed by atoms with Crippen LogP contribution in [0.4, 0.5) is 10.6 Å². The lowest BCUT2D eigenvalue weighted by atomic mass is 10.2. The highest BCUT2D eigenvalue weighted by Crippen LogP contribution is 2.25. The number of aryl methyl sites for hydroxylation is 1. The number of H-pyrrole nitrogens is 1. The van der Waals surface area contributed by atoms with E-state index in [-0.39, 0.29) is 6.03 Å². The summed E-state index contributed by atoms with van der Waals surface area (Å²) in [5.74, 6) is 0.537. The SMILES string of the molecule is Cc1cc(-c2cc3cnc(NC(=O)NC4CC4)cc3[nH]2)ccn1. The molecule has 6 nitrogen and oxygen atoms in total. The predicted molar refractivity (Wildman–Crippen MR) is 89.2 cm³/mol. The fraction of sp³-hybridized carbons (Fsp3) is 0.235. The minimum atomic E-state index is -0.198. The first kappa shape index (κ1) is 13.8. The van der Waals surface area contributed by atoms with Gasteiger partial charge in [-0.25, -0.2) is 9.78 Å². The molecular weight excluding hydrogens is 290 g/mol. The van der Waals surface area contributed by atoms with E-state index >= 15 is 0 Å². The first-order chi connectivity index (χ1) is 11.2. The van der Waals surface area contributed by atoms with Gasteiger partial charge in [-0.3, -0.25) is 10.3 Å². The molecule has 4 rings (SSSR count). The fourth-order valence-corrected chi connectivity index (χ4v) is 2.53. The van der Waals surface area contributed by atoms with Crippen molar-refractivity contribution in [2.45, 2.75) is 25.8 Å². The maximum atomic E-state index is 11.8. The molecule has 3 aromatic rings. The molecule has 3 heterocycles. The monoisotopic (exact) mass is 307 g/mol. The molecule has 0 saturated heterocycles. The molecule has 1 saturated carbocycles. The maximum Gasteiger partial charge on any atom is 0.320 e. The number of aromatic nitrogens is 3. The van der Waals surface area contributed by atoms with Gasteiger partial charge < -0.3 is 10.3 Å². The summed E-state index contributed by atoms with van der Waals surface area (Å²) in [7, 11) is 0. The first-order valence-electron chi connectivity index (χ1n) is 7.67. The van der Waals surface area contributed by atoms with Crippen molar-refractivity contribution >= 4 is 22.8 Å². The van der Waals surface area contributed by atoms with Gasteiger partial charge in [0.1, 0.15) is 5.82 Å². The molecule has 2 amide bonds. The van der Waals surface area contributed by atoms with Gasteiger partial charge in [-0.2, -0.15) is 0 Å². The highest BCUT2D eigenvalue weighted by Gasteiger charge is 2.23. The van der Waals surface area contributed by atoms with E-state index in [0.29, 0.717) is 11.9 Å². The summed E-state index contributed by atoms with van der Waals surface area (Å²) in [6.07, 6.45) is 5.68. The molecule has 3 N–H and O–H groups in total. The van der Waals surface area contributed by atoms with Crippen LogP contribution in [0.25, 0.3) is 22.2 Å². The van der Waals surface area contributed by atoms with Crippen molar-refractivity contribution in [1.82, 2.24) is 20.3 Å². The van der Waals surface area contributed by atoms with E-state index in [0.717, 1.165) is 40.7 Å². The molecule has 0 bridgehead atoms. The number of fused-ring (bicyclic) bond motifs is 1. The van der Waals surface area contributed by atoms with E-state index in [2.05, 4.69) is 25.6 Å². The van der Waals surface area contributed by atoms with Crippen LogP contribution in [0.5, 0.6) is 0 Å². The standard InChI is InChI=1S/C17H17N5O/c1-10-6-11(4-5-18-10)14-7-12-9-19-16(8-15(12)21-14)22-17(23)20-13-2-3-13/h4-9,13,21H,2-3H2,1H3,(H2,19,20,22,23). The van der Waals surface area contributed by atoms with E-state index in [1.807, 2.05) is 31.2 Å². The van der Waals surface area contributed by atoms with Crippen LogP contribution in [0.1, 0.15) is 18.5 Å². The van der Waals surface area contributed by atoms with Gasteiger partial charge in [0.15, 0.2) is 0 Å². The van der Waals surface area contributed by atoms with E-state index < -0.39 is 0 Å². The summed E-state index contributed by atoms with van der Waals surface area (Å²) >= 11 is 0. The molecule has 0 radical (unpaired) electrons. The van der Waals surface area contributed by atoms with Gasteiger partial charge in [0.25, 0.3) is 0 Å². The molecule has 0 unspecified atom stereocenters. The van der Waals surface area contributed by atoms with Crippen molar-refractivity contribution < 1.29 is 4.79 Å². The predicted octanol–water partition coefficient (Wildman–Crippen LogP) is 3.22. The van der Waals surface area contributed by atoms with Gasteiger partial charge in [0.2, 0.25) is 0 Å². The van der Waals surface area contributed by atoms with Gasteiger partial charge in [-0.15, -0.1) is 0 Å². The van der Waals surface area contributed by atoms with Crippen molar-refractivity contribution in [3.8, 4) is 11.3 Å². The highest BCUT2D eigenvalue weighted by atomic mass is 16.2. The summed E-state index contributed by atoms with van der Waals surface area (Å²) < 4.78 is 0. The number of anilines is 1. The molecule has 116 valence electrons. The number of hydrogen-bond acceptors (Lipinski definition) is 3. The molecule has 1 aliphatic rings. The number of carbonyl (C=O) groups is 1. The normalized spacial score (nSPS) is 14.0. The Morgan fingerprint density at radius 1 is 1.26 bits per heavy atom. The van der Waals surface area contributed by atoms with E-state index in [4.69, 9.17) is 0 Å². The lowest BCUT2D eigenvalue weighted by molar-refractivity contribution is 0.251. The molecule has 1 fully saturated rings.